The number of amides is 1. The third-order valence-corrected chi connectivity index (χ3v) is 9.02. The van der Waals surface area contributed by atoms with Gasteiger partial charge < -0.3 is 14.5 Å². The van der Waals surface area contributed by atoms with Crippen LogP contribution in [0.4, 0.5) is 5.69 Å². The lowest BCUT2D eigenvalue weighted by Crippen LogP contribution is -2.38. The molecular formula is C28H26N4O4S. The van der Waals surface area contributed by atoms with Gasteiger partial charge in [0.15, 0.2) is 0 Å². The molecule has 2 aromatic carbocycles. The third-order valence-electron chi connectivity index (χ3n) is 7.11. The van der Waals surface area contributed by atoms with Crippen LogP contribution in [0, 0.1) is 0 Å². The van der Waals surface area contributed by atoms with Crippen LogP contribution in [0.15, 0.2) is 77.8 Å². The van der Waals surface area contributed by atoms with Crippen LogP contribution in [0.5, 0.6) is 5.75 Å². The molecule has 8 nitrogen and oxygen atoms in total. The van der Waals surface area contributed by atoms with Crippen LogP contribution in [0.25, 0.3) is 17.2 Å². The van der Waals surface area contributed by atoms with Gasteiger partial charge in [0.2, 0.25) is 10.0 Å². The minimum atomic E-state index is -3.58. The number of nitrogens with zero attached hydrogens (tertiary/aromatic N) is 3. The molecule has 188 valence electrons. The van der Waals surface area contributed by atoms with E-state index in [1.54, 1.807) is 35.7 Å². The summed E-state index contributed by atoms with van der Waals surface area (Å²) in [5, 5.41) is 2.91. The molecule has 0 atom stereocenters. The number of para-hydroxylation sites is 1. The number of sulfonamides is 1. The number of carbonyl (C=O) groups is 1. The fraction of sp³-hybridized carbons (Fsp3) is 0.214. The number of carbonyl (C=O) groups excluding carboxylic acids is 1. The average molecular weight is 515 g/mol. The van der Waals surface area contributed by atoms with Crippen molar-refractivity contribution < 1.29 is 17.9 Å². The topological polar surface area (TPSA) is 93.0 Å². The van der Waals surface area contributed by atoms with Gasteiger partial charge in [0.1, 0.15) is 11.6 Å². The molecule has 37 heavy (non-hydrogen) atoms. The number of hydrogen-bond acceptors (Lipinski definition) is 5. The molecular weight excluding hydrogens is 488 g/mol. The van der Waals surface area contributed by atoms with Crippen molar-refractivity contribution in [1.29, 1.82) is 0 Å². The molecule has 0 radical (unpaired) electrons. The lowest BCUT2D eigenvalue weighted by atomic mass is 9.97. The smallest absolute Gasteiger partial charge is 0.256 e. The molecule has 2 aliphatic heterocycles. The molecule has 4 aromatic rings. The molecule has 0 saturated carbocycles. The summed E-state index contributed by atoms with van der Waals surface area (Å²) in [7, 11) is -2.03. The lowest BCUT2D eigenvalue weighted by Gasteiger charge is -2.30. The van der Waals surface area contributed by atoms with Crippen molar-refractivity contribution in [3.63, 3.8) is 0 Å². The highest BCUT2D eigenvalue weighted by Crippen LogP contribution is 2.35. The monoisotopic (exact) mass is 514 g/mol. The van der Waals surface area contributed by atoms with Gasteiger partial charge >= 0.3 is 0 Å². The largest absolute Gasteiger partial charge is 0.497 e. The molecule has 0 aliphatic carbocycles. The van der Waals surface area contributed by atoms with Crippen LogP contribution in [0.1, 0.15) is 35.8 Å². The van der Waals surface area contributed by atoms with Crippen molar-refractivity contribution in [3.05, 3.63) is 90.0 Å². The number of methoxy groups -OCH3 is 1. The third kappa shape index (κ3) is 4.10. The maximum Gasteiger partial charge on any atom is 0.256 e. The van der Waals surface area contributed by atoms with E-state index in [1.165, 1.54) is 0 Å². The molecule has 9 heteroatoms. The molecule has 0 spiro atoms. The van der Waals surface area contributed by atoms with Gasteiger partial charge in [-0.25, -0.2) is 13.4 Å². The van der Waals surface area contributed by atoms with E-state index in [0.29, 0.717) is 37.3 Å². The number of pyridine rings is 1. The number of ether oxygens (including phenoxy) is 1. The zero-order valence-electron chi connectivity index (χ0n) is 20.3. The SMILES string of the molecule is COc1ccc(S(=O)(=O)N2CCC(c3nc(/C=C4/C(=O)Nc5ccccc54)c4ccccn34)CC2)cc1. The zero-order valence-corrected chi connectivity index (χ0v) is 21.1. The number of hydrogen-bond donors (Lipinski definition) is 1. The van der Waals surface area contributed by atoms with Crippen LogP contribution < -0.4 is 10.1 Å². The molecule has 1 amide bonds. The first-order valence-corrected chi connectivity index (χ1v) is 13.6. The second-order valence-electron chi connectivity index (χ2n) is 9.22. The Morgan fingerprint density at radius 3 is 2.49 bits per heavy atom. The van der Waals surface area contributed by atoms with Crippen molar-refractivity contribution in [2.24, 2.45) is 0 Å². The van der Waals surface area contributed by atoms with Gasteiger partial charge in [0.05, 0.1) is 28.8 Å². The summed E-state index contributed by atoms with van der Waals surface area (Å²) in [4.78, 5) is 17.9. The highest BCUT2D eigenvalue weighted by atomic mass is 32.2. The minimum Gasteiger partial charge on any atom is -0.497 e. The van der Waals surface area contributed by atoms with Crippen molar-refractivity contribution in [1.82, 2.24) is 13.7 Å². The van der Waals surface area contributed by atoms with E-state index >= 15 is 0 Å². The van der Waals surface area contributed by atoms with Gasteiger partial charge in [-0.15, -0.1) is 0 Å². The van der Waals surface area contributed by atoms with Crippen molar-refractivity contribution >= 4 is 38.8 Å². The van der Waals surface area contributed by atoms with E-state index in [0.717, 1.165) is 28.3 Å². The first-order chi connectivity index (χ1) is 18.0. The fourth-order valence-corrected chi connectivity index (χ4v) is 6.62. The summed E-state index contributed by atoms with van der Waals surface area (Å²) in [5.74, 6) is 1.45. The molecule has 1 fully saturated rings. The van der Waals surface area contributed by atoms with Crippen LogP contribution >= 0.6 is 0 Å². The molecule has 4 heterocycles. The Hall–Kier alpha value is -3.95. The maximum absolute atomic E-state index is 13.2. The van der Waals surface area contributed by atoms with Crippen LogP contribution in [0.2, 0.25) is 0 Å². The van der Waals surface area contributed by atoms with Crippen LogP contribution in [-0.4, -0.2) is 48.2 Å². The Labute approximate surface area is 215 Å². The van der Waals surface area contributed by atoms with Crippen LogP contribution in [-0.2, 0) is 14.8 Å². The van der Waals surface area contributed by atoms with E-state index in [1.807, 2.05) is 54.7 Å². The number of rotatable bonds is 5. The molecule has 6 rings (SSSR count). The zero-order chi connectivity index (χ0) is 25.6. The summed E-state index contributed by atoms with van der Waals surface area (Å²) in [6.45, 7) is 0.819. The average Bonchev–Trinajstić information content (AvgIpc) is 3.46. The number of nitrogens with one attached hydrogen (secondary N) is 1. The Morgan fingerprint density at radius 1 is 1.00 bits per heavy atom. The highest BCUT2D eigenvalue weighted by molar-refractivity contribution is 7.89. The van der Waals surface area contributed by atoms with E-state index in [-0.39, 0.29) is 16.7 Å². The Bertz CT molecular complexity index is 1630. The molecule has 0 bridgehead atoms. The van der Waals surface area contributed by atoms with E-state index in [4.69, 9.17) is 9.72 Å². The fourth-order valence-electron chi connectivity index (χ4n) is 5.15. The lowest BCUT2D eigenvalue weighted by molar-refractivity contribution is -0.110. The summed E-state index contributed by atoms with van der Waals surface area (Å²) in [6, 6.07) is 20.0. The van der Waals surface area contributed by atoms with Gasteiger partial charge in [-0.2, -0.15) is 4.31 Å². The first kappa shape index (κ1) is 23.4. The Balaban J connectivity index is 1.28. The number of aromatic nitrogens is 2. The molecule has 2 aromatic heterocycles. The van der Waals surface area contributed by atoms with Gasteiger partial charge in [0, 0.05) is 36.5 Å². The summed E-state index contributed by atoms with van der Waals surface area (Å²) >= 11 is 0. The Morgan fingerprint density at radius 2 is 1.73 bits per heavy atom. The summed E-state index contributed by atoms with van der Waals surface area (Å²) < 4.78 is 35.1. The standard InChI is InChI=1S/C28H26N4O4S/c1-36-20-9-11-21(12-10-20)37(34,35)31-16-13-19(14-17-31)27-29-25(26-8-4-5-15-32(26)27)18-23-22-6-2-3-7-24(22)30-28(23)33/h2-12,15,18-19H,13-14,16-17H2,1H3,(H,30,33)/b23-18+. The number of fused-ring (bicyclic) bond motifs is 2. The summed E-state index contributed by atoms with van der Waals surface area (Å²) in [5.41, 5.74) is 3.89. The maximum atomic E-state index is 13.2. The van der Waals surface area contributed by atoms with E-state index in [2.05, 4.69) is 9.72 Å². The minimum absolute atomic E-state index is 0.0917. The van der Waals surface area contributed by atoms with Crippen molar-refractivity contribution in [2.45, 2.75) is 23.7 Å². The highest BCUT2D eigenvalue weighted by Gasteiger charge is 2.32. The van der Waals surface area contributed by atoms with E-state index < -0.39 is 10.0 Å². The second kappa shape index (κ2) is 9.17. The molecule has 1 saturated heterocycles. The van der Waals surface area contributed by atoms with Crippen molar-refractivity contribution in [3.8, 4) is 5.75 Å². The van der Waals surface area contributed by atoms with Gasteiger partial charge in [-0.3, -0.25) is 4.79 Å². The predicted octanol–water partition coefficient (Wildman–Crippen LogP) is 4.40. The number of imidazole rings is 1. The second-order valence-corrected chi connectivity index (χ2v) is 11.2. The predicted molar refractivity (Wildman–Crippen MR) is 142 cm³/mol. The van der Waals surface area contributed by atoms with Gasteiger partial charge in [-0.05, 0) is 61.4 Å². The van der Waals surface area contributed by atoms with E-state index in [9.17, 15) is 13.2 Å². The first-order valence-electron chi connectivity index (χ1n) is 12.2. The van der Waals surface area contributed by atoms with Crippen molar-refractivity contribution in [2.75, 3.05) is 25.5 Å². The van der Waals surface area contributed by atoms with Crippen LogP contribution in [0.3, 0.4) is 0 Å². The Kier molecular flexibility index (Phi) is 5.81. The molecule has 2 aliphatic rings. The number of anilines is 1. The normalized spacial score (nSPS) is 17.8. The van der Waals surface area contributed by atoms with Gasteiger partial charge in [-0.1, -0.05) is 24.3 Å². The summed E-state index contributed by atoms with van der Waals surface area (Å²) in [6.07, 6.45) is 5.14. The number of benzene rings is 2. The quantitative estimate of drug-likeness (QED) is 0.399. The molecule has 0 unspecified atom stereocenters. The molecule has 1 N–H and O–H groups in total. The van der Waals surface area contributed by atoms with Gasteiger partial charge in [0.25, 0.3) is 5.91 Å². The number of piperidine rings is 1.